The summed E-state index contributed by atoms with van der Waals surface area (Å²) in [7, 11) is 0. The van der Waals surface area contributed by atoms with Crippen LogP contribution < -0.4 is 0 Å². The van der Waals surface area contributed by atoms with Crippen molar-refractivity contribution in [3.8, 4) is 11.5 Å². The van der Waals surface area contributed by atoms with Crippen molar-refractivity contribution in [1.82, 2.24) is 14.6 Å². The molecule has 0 fully saturated rings. The molecule has 4 nitrogen and oxygen atoms in total. The van der Waals surface area contributed by atoms with E-state index in [2.05, 4.69) is 41.9 Å². The van der Waals surface area contributed by atoms with Gasteiger partial charge in [-0.1, -0.05) is 35.2 Å². The standard InChI is InChI=1S/C13H7Br2N3OS2/c1-20-13-17-18-9(11(15)16-12(18)21-13)10-8(14)6-4-2-3-5-7(6)19-10/h2-5H,1H3. The van der Waals surface area contributed by atoms with Crippen molar-refractivity contribution in [3.63, 3.8) is 0 Å². The molecule has 4 rings (SSSR count). The number of rotatable bonds is 2. The smallest absolute Gasteiger partial charge is 0.214 e. The number of thioether (sulfide) groups is 1. The van der Waals surface area contributed by atoms with E-state index < -0.39 is 0 Å². The zero-order valence-electron chi connectivity index (χ0n) is 10.6. The first kappa shape index (κ1) is 13.8. The fourth-order valence-electron chi connectivity index (χ4n) is 2.14. The van der Waals surface area contributed by atoms with Gasteiger partial charge in [0.2, 0.25) is 4.96 Å². The van der Waals surface area contributed by atoms with Crippen LogP contribution >= 0.6 is 55.0 Å². The number of benzene rings is 1. The highest BCUT2D eigenvalue weighted by molar-refractivity contribution is 9.11. The molecule has 4 aromatic rings. The van der Waals surface area contributed by atoms with Gasteiger partial charge in [-0.05, 0) is 50.2 Å². The van der Waals surface area contributed by atoms with Gasteiger partial charge >= 0.3 is 0 Å². The van der Waals surface area contributed by atoms with E-state index in [0.29, 0.717) is 0 Å². The molecule has 0 amide bonds. The monoisotopic (exact) mass is 443 g/mol. The predicted octanol–water partition coefficient (Wildman–Crippen LogP) is 5.45. The fraction of sp³-hybridized carbons (Fsp3) is 0.0769. The summed E-state index contributed by atoms with van der Waals surface area (Å²) in [6.45, 7) is 0. The molecule has 0 N–H and O–H groups in total. The number of para-hydroxylation sites is 1. The lowest BCUT2D eigenvalue weighted by atomic mass is 10.2. The molecule has 0 radical (unpaired) electrons. The van der Waals surface area contributed by atoms with Gasteiger partial charge in [0.05, 0.1) is 4.47 Å². The van der Waals surface area contributed by atoms with Crippen molar-refractivity contribution < 1.29 is 4.42 Å². The number of furan rings is 1. The SMILES string of the molecule is CSc1nn2c(-c3oc4ccccc4c3Br)c(Br)nc2s1. The summed E-state index contributed by atoms with van der Waals surface area (Å²) < 4.78 is 10.4. The quantitative estimate of drug-likeness (QED) is 0.385. The fourth-order valence-corrected chi connectivity index (χ4v) is 4.73. The van der Waals surface area contributed by atoms with Crippen molar-refractivity contribution in [1.29, 1.82) is 0 Å². The summed E-state index contributed by atoms with van der Waals surface area (Å²) in [5.74, 6) is 0.730. The van der Waals surface area contributed by atoms with Crippen molar-refractivity contribution in [2.24, 2.45) is 0 Å². The van der Waals surface area contributed by atoms with Crippen molar-refractivity contribution in [3.05, 3.63) is 33.3 Å². The Labute approximate surface area is 144 Å². The molecule has 0 bridgehead atoms. The highest BCUT2D eigenvalue weighted by atomic mass is 79.9. The van der Waals surface area contributed by atoms with Gasteiger partial charge < -0.3 is 4.42 Å². The lowest BCUT2D eigenvalue weighted by Gasteiger charge is -1.96. The van der Waals surface area contributed by atoms with Gasteiger partial charge in [-0.25, -0.2) is 4.98 Å². The van der Waals surface area contributed by atoms with Crippen LogP contribution in [0.15, 0.2) is 42.1 Å². The number of imidazole rings is 1. The molecule has 3 aromatic heterocycles. The highest BCUT2D eigenvalue weighted by Crippen LogP contribution is 2.41. The van der Waals surface area contributed by atoms with Crippen LogP contribution in [0.25, 0.3) is 27.4 Å². The van der Waals surface area contributed by atoms with Gasteiger partial charge in [0.15, 0.2) is 10.1 Å². The Morgan fingerprint density at radius 1 is 1.29 bits per heavy atom. The van der Waals surface area contributed by atoms with Crippen LogP contribution in [-0.2, 0) is 0 Å². The first-order chi connectivity index (χ1) is 10.2. The maximum atomic E-state index is 6.00. The van der Waals surface area contributed by atoms with Crippen LogP contribution in [0.3, 0.4) is 0 Å². The van der Waals surface area contributed by atoms with Crippen LogP contribution in [0.2, 0.25) is 0 Å². The van der Waals surface area contributed by atoms with Crippen LogP contribution in [0.1, 0.15) is 0 Å². The summed E-state index contributed by atoms with van der Waals surface area (Å²) in [6.07, 6.45) is 2.00. The van der Waals surface area contributed by atoms with E-state index in [1.807, 2.05) is 35.0 Å². The third kappa shape index (κ3) is 2.08. The molecular weight excluding hydrogens is 438 g/mol. The average Bonchev–Trinajstić information content (AvgIpc) is 3.10. The molecule has 0 saturated heterocycles. The molecule has 0 aliphatic rings. The number of halogens is 2. The molecule has 0 aliphatic carbocycles. The Kier molecular flexibility index (Phi) is 3.36. The van der Waals surface area contributed by atoms with Gasteiger partial charge in [-0.3, -0.25) is 0 Å². The minimum Gasteiger partial charge on any atom is -0.453 e. The zero-order valence-corrected chi connectivity index (χ0v) is 15.4. The molecule has 1 aromatic carbocycles. The Bertz CT molecular complexity index is 973. The minimum absolute atomic E-state index is 0.730. The summed E-state index contributed by atoms with van der Waals surface area (Å²) in [4.78, 5) is 5.35. The molecule has 0 aliphatic heterocycles. The summed E-state index contributed by atoms with van der Waals surface area (Å²) >= 11 is 10.3. The summed E-state index contributed by atoms with van der Waals surface area (Å²) in [5.41, 5.74) is 1.66. The molecule has 8 heteroatoms. The Morgan fingerprint density at radius 3 is 2.86 bits per heavy atom. The average molecular weight is 445 g/mol. The van der Waals surface area contributed by atoms with Crippen molar-refractivity contribution in [2.75, 3.05) is 6.26 Å². The molecule has 0 atom stereocenters. The molecule has 3 heterocycles. The number of hydrogen-bond donors (Lipinski definition) is 0. The third-order valence-electron chi connectivity index (χ3n) is 3.07. The Morgan fingerprint density at radius 2 is 2.10 bits per heavy atom. The van der Waals surface area contributed by atoms with E-state index in [1.165, 1.54) is 0 Å². The Hall–Kier alpha value is -0.830. The van der Waals surface area contributed by atoms with Crippen LogP contribution in [-0.4, -0.2) is 20.9 Å². The predicted molar refractivity (Wildman–Crippen MR) is 93.3 cm³/mol. The van der Waals surface area contributed by atoms with E-state index in [9.17, 15) is 0 Å². The maximum Gasteiger partial charge on any atom is 0.214 e. The van der Waals surface area contributed by atoms with Gasteiger partial charge in [0, 0.05) is 5.39 Å². The van der Waals surface area contributed by atoms with E-state index >= 15 is 0 Å². The number of aromatic nitrogens is 3. The van der Waals surface area contributed by atoms with Crippen LogP contribution in [0.4, 0.5) is 0 Å². The van der Waals surface area contributed by atoms with Crippen LogP contribution in [0, 0.1) is 0 Å². The second-order valence-electron chi connectivity index (χ2n) is 4.26. The second-order valence-corrected chi connectivity index (χ2v) is 7.81. The van der Waals surface area contributed by atoms with E-state index in [4.69, 9.17) is 4.42 Å². The third-order valence-corrected chi connectivity index (χ3v) is 6.29. The van der Waals surface area contributed by atoms with E-state index in [1.54, 1.807) is 23.1 Å². The zero-order chi connectivity index (χ0) is 14.6. The molecule has 106 valence electrons. The molecular formula is C13H7Br2N3OS2. The topological polar surface area (TPSA) is 43.3 Å². The first-order valence-electron chi connectivity index (χ1n) is 5.95. The lowest BCUT2D eigenvalue weighted by Crippen LogP contribution is -1.88. The Balaban J connectivity index is 2.05. The lowest BCUT2D eigenvalue weighted by molar-refractivity contribution is 0.623. The summed E-state index contributed by atoms with van der Waals surface area (Å²) in [6, 6.07) is 7.91. The molecule has 0 unspecified atom stereocenters. The van der Waals surface area contributed by atoms with Gasteiger partial charge in [0.1, 0.15) is 15.9 Å². The summed E-state index contributed by atoms with van der Waals surface area (Å²) in [5, 5.41) is 5.60. The number of fused-ring (bicyclic) bond motifs is 2. The van der Waals surface area contributed by atoms with E-state index in [-0.39, 0.29) is 0 Å². The largest absolute Gasteiger partial charge is 0.453 e. The van der Waals surface area contributed by atoms with Gasteiger partial charge in [-0.15, -0.1) is 5.10 Å². The molecule has 0 spiro atoms. The van der Waals surface area contributed by atoms with Gasteiger partial charge in [0.25, 0.3) is 0 Å². The maximum absolute atomic E-state index is 6.00. The van der Waals surface area contributed by atoms with Gasteiger partial charge in [-0.2, -0.15) is 4.52 Å². The van der Waals surface area contributed by atoms with Crippen LogP contribution in [0.5, 0.6) is 0 Å². The minimum atomic E-state index is 0.730. The molecule has 21 heavy (non-hydrogen) atoms. The second kappa shape index (κ2) is 5.12. The highest BCUT2D eigenvalue weighted by Gasteiger charge is 2.23. The first-order valence-corrected chi connectivity index (χ1v) is 9.58. The van der Waals surface area contributed by atoms with Crippen molar-refractivity contribution in [2.45, 2.75) is 4.34 Å². The number of nitrogens with zero attached hydrogens (tertiary/aromatic N) is 3. The van der Waals surface area contributed by atoms with Crippen molar-refractivity contribution >= 4 is 70.9 Å². The van der Waals surface area contributed by atoms with E-state index in [0.717, 1.165) is 40.8 Å². The normalized spacial score (nSPS) is 11.8. The molecule has 0 saturated carbocycles. The number of hydrogen-bond acceptors (Lipinski definition) is 5.